The van der Waals surface area contributed by atoms with Crippen molar-refractivity contribution in [3.05, 3.63) is 111 Å². The van der Waals surface area contributed by atoms with Gasteiger partial charge < -0.3 is 5.11 Å². The van der Waals surface area contributed by atoms with Crippen LogP contribution in [0, 0.1) is 23.7 Å². The average molecular weight is 736 g/mol. The first kappa shape index (κ1) is 33.2. The van der Waals surface area contributed by atoms with E-state index in [1.165, 1.54) is 7.05 Å². The van der Waals surface area contributed by atoms with E-state index in [2.05, 4.69) is 10.4 Å². The third kappa shape index (κ3) is 4.72. The van der Waals surface area contributed by atoms with Crippen molar-refractivity contribution in [3.8, 4) is 5.75 Å². The minimum atomic E-state index is -4.74. The summed E-state index contributed by atoms with van der Waals surface area (Å²) < 4.78 is 40.3. The predicted molar refractivity (Wildman–Crippen MR) is 180 cm³/mol. The van der Waals surface area contributed by atoms with Gasteiger partial charge in [0.25, 0.3) is 11.8 Å². The molecule has 4 amide bonds. The van der Waals surface area contributed by atoms with Crippen LogP contribution >= 0.6 is 23.2 Å². The van der Waals surface area contributed by atoms with Crippen molar-refractivity contribution in [2.75, 3.05) is 12.5 Å². The van der Waals surface area contributed by atoms with Crippen LogP contribution in [0.15, 0.2) is 84.6 Å². The van der Waals surface area contributed by atoms with Gasteiger partial charge in [-0.15, -0.1) is 0 Å². The van der Waals surface area contributed by atoms with Gasteiger partial charge in [-0.1, -0.05) is 83.4 Å². The molecule has 2 aliphatic heterocycles. The Bertz CT molecular complexity index is 2230. The van der Waals surface area contributed by atoms with Gasteiger partial charge in [-0.2, -0.15) is 18.2 Å². The maximum absolute atomic E-state index is 15.2. The summed E-state index contributed by atoms with van der Waals surface area (Å²) in [6.07, 6.45) is -2.18. The number of phenolic OH excluding ortho intramolecular Hbond substituents is 1. The van der Waals surface area contributed by atoms with Crippen LogP contribution in [0.1, 0.15) is 35.4 Å². The Kier molecular flexibility index (Phi) is 7.52. The lowest BCUT2D eigenvalue weighted by atomic mass is 9.49. The van der Waals surface area contributed by atoms with Gasteiger partial charge in [0.05, 0.1) is 33.8 Å². The number of hydrogen-bond acceptors (Lipinski definition) is 7. The summed E-state index contributed by atoms with van der Waals surface area (Å²) in [6.45, 7) is 0. The molecule has 2 saturated heterocycles. The number of nitrogens with one attached hydrogen (secondary N) is 1. The summed E-state index contributed by atoms with van der Waals surface area (Å²) in [6, 6.07) is 17.7. The van der Waals surface area contributed by atoms with Gasteiger partial charge >= 0.3 is 6.18 Å². The number of halogens is 5. The van der Waals surface area contributed by atoms with Crippen LogP contribution in [0.5, 0.6) is 5.75 Å². The molecule has 2 aliphatic carbocycles. The zero-order valence-corrected chi connectivity index (χ0v) is 28.1. The van der Waals surface area contributed by atoms with Crippen LogP contribution in [-0.2, 0) is 30.8 Å². The number of amides is 4. The topological polar surface area (TPSA) is 120 Å². The molecule has 0 unspecified atom stereocenters. The number of carbonyl (C=O) groups excluding carboxylic acids is 4. The van der Waals surface area contributed by atoms with Gasteiger partial charge in [-0.05, 0) is 47.9 Å². The Morgan fingerprint density at radius 2 is 1.67 bits per heavy atom. The summed E-state index contributed by atoms with van der Waals surface area (Å²) in [5, 5.41) is 13.8. The Morgan fingerprint density at radius 1 is 0.941 bits per heavy atom. The summed E-state index contributed by atoms with van der Waals surface area (Å²) in [5.74, 6) is -7.11. The van der Waals surface area contributed by atoms with Gasteiger partial charge in [0, 0.05) is 35.1 Å². The van der Waals surface area contributed by atoms with Crippen LogP contribution in [0.25, 0.3) is 10.8 Å². The molecular weight excluding hydrogens is 708 g/mol. The first-order valence-electron chi connectivity index (χ1n) is 16.1. The van der Waals surface area contributed by atoms with Crippen molar-refractivity contribution in [3.63, 3.8) is 0 Å². The minimum absolute atomic E-state index is 0.0236. The summed E-state index contributed by atoms with van der Waals surface area (Å²) in [7, 11) is 1.42. The van der Waals surface area contributed by atoms with E-state index < -0.39 is 69.5 Å². The lowest BCUT2D eigenvalue weighted by Crippen LogP contribution is -2.53. The number of nitrogens with zero attached hydrogens (tertiary/aromatic N) is 3. The standard InChI is InChI=1S/C37H27Cl2F3N4O5/c1-45-32(48)23-13-12-22-25(28(23)34(45)50)15-26-33(49)46(44-31-27(39)14-19(16-43-31)37(40,41)42)35(51)36(26,18-7-9-20(38)10-8-18)29(22)24-11-6-17-4-2-3-5-21(17)30(24)47/h2-12,14,16,23,25-26,28-29,47H,13,15H2,1H3,(H,43,44)/t23-,25+,26-,28-,29+,36+/m0/s1. The Hall–Kier alpha value is -4.94. The quantitative estimate of drug-likeness (QED) is 0.173. The highest BCUT2D eigenvalue weighted by Gasteiger charge is 2.70. The predicted octanol–water partition coefficient (Wildman–Crippen LogP) is 6.88. The average Bonchev–Trinajstić information content (AvgIpc) is 3.46. The van der Waals surface area contributed by atoms with E-state index in [-0.39, 0.29) is 30.3 Å². The molecule has 3 fully saturated rings. The molecule has 9 nitrogen and oxygen atoms in total. The first-order chi connectivity index (χ1) is 24.2. The second kappa shape index (κ2) is 11.5. The fraction of sp³-hybridized carbons (Fsp3) is 0.270. The van der Waals surface area contributed by atoms with Crippen LogP contribution in [-0.4, -0.2) is 50.7 Å². The second-order valence-corrected chi connectivity index (χ2v) is 14.2. The van der Waals surface area contributed by atoms with Crippen molar-refractivity contribution in [1.82, 2.24) is 14.9 Å². The summed E-state index contributed by atoms with van der Waals surface area (Å²) in [5.41, 5.74) is 1.04. The SMILES string of the molecule is CN1C(=O)[C@H]2[C@H](CC=C3[C@H]2C[C@H]2C(=O)N(Nc4ncc(C(F)(F)F)cc4Cl)C(=O)[C@@]2(c2ccc(Cl)cc2)[C@H]3c2ccc3ccccc3c2O)C1=O. The van der Waals surface area contributed by atoms with E-state index in [4.69, 9.17) is 23.2 Å². The Labute approximate surface area is 298 Å². The molecule has 0 spiro atoms. The third-order valence-corrected chi connectivity index (χ3v) is 11.6. The fourth-order valence-corrected chi connectivity index (χ4v) is 9.12. The molecule has 0 bridgehead atoms. The molecule has 0 radical (unpaired) electrons. The fourth-order valence-electron chi connectivity index (χ4n) is 8.79. The molecule has 4 aliphatic rings. The van der Waals surface area contributed by atoms with Crippen molar-refractivity contribution in [2.24, 2.45) is 23.7 Å². The van der Waals surface area contributed by atoms with Gasteiger partial charge in [0.1, 0.15) is 5.75 Å². The van der Waals surface area contributed by atoms with E-state index in [1.54, 1.807) is 48.5 Å². The molecule has 1 aromatic heterocycles. The minimum Gasteiger partial charge on any atom is -0.507 e. The normalized spacial score (nSPS) is 27.4. The van der Waals surface area contributed by atoms with Gasteiger partial charge in [0.2, 0.25) is 11.8 Å². The maximum atomic E-state index is 15.2. The number of allylic oxidation sites excluding steroid dienone is 2. The second-order valence-electron chi connectivity index (χ2n) is 13.4. The summed E-state index contributed by atoms with van der Waals surface area (Å²) in [4.78, 5) is 61.8. The lowest BCUT2D eigenvalue weighted by Gasteiger charge is -2.50. The molecule has 14 heteroatoms. The number of alkyl halides is 3. The van der Waals surface area contributed by atoms with Crippen molar-refractivity contribution < 1.29 is 37.5 Å². The molecule has 2 N–H and O–H groups in total. The highest BCUT2D eigenvalue weighted by atomic mass is 35.5. The highest BCUT2D eigenvalue weighted by Crippen LogP contribution is 2.65. The highest BCUT2D eigenvalue weighted by molar-refractivity contribution is 6.33. The number of aromatic nitrogens is 1. The molecule has 3 aromatic carbocycles. The molecule has 4 aromatic rings. The van der Waals surface area contributed by atoms with Gasteiger partial charge in [-0.3, -0.25) is 29.5 Å². The van der Waals surface area contributed by atoms with E-state index in [0.717, 1.165) is 15.3 Å². The number of rotatable bonds is 4. The largest absolute Gasteiger partial charge is 0.507 e. The smallest absolute Gasteiger partial charge is 0.417 e. The number of imide groups is 2. The molecule has 6 atom stereocenters. The number of hydrazine groups is 1. The number of likely N-dealkylation sites (tertiary alicyclic amines) is 1. The molecule has 260 valence electrons. The van der Waals surface area contributed by atoms with Crippen molar-refractivity contribution in [2.45, 2.75) is 30.4 Å². The lowest BCUT2D eigenvalue weighted by molar-refractivity contribution is -0.140. The van der Waals surface area contributed by atoms with E-state index in [1.807, 2.05) is 18.2 Å². The molecular formula is C37H27Cl2F3N4O5. The van der Waals surface area contributed by atoms with Crippen LogP contribution in [0.3, 0.4) is 0 Å². The van der Waals surface area contributed by atoms with Gasteiger partial charge in [-0.25, -0.2) is 4.98 Å². The van der Waals surface area contributed by atoms with Gasteiger partial charge in [0.15, 0.2) is 5.82 Å². The number of benzene rings is 3. The molecule has 3 heterocycles. The maximum Gasteiger partial charge on any atom is 0.417 e. The van der Waals surface area contributed by atoms with E-state index in [9.17, 15) is 32.7 Å². The number of phenols is 1. The van der Waals surface area contributed by atoms with E-state index >= 15 is 4.79 Å². The van der Waals surface area contributed by atoms with Crippen molar-refractivity contribution >= 4 is 63.4 Å². The molecule has 8 rings (SSSR count). The van der Waals surface area contributed by atoms with Crippen molar-refractivity contribution in [1.29, 1.82) is 0 Å². The Balaban J connectivity index is 1.37. The number of fused-ring (bicyclic) bond motifs is 5. The molecule has 51 heavy (non-hydrogen) atoms. The summed E-state index contributed by atoms with van der Waals surface area (Å²) >= 11 is 12.5. The number of aromatic hydroxyl groups is 1. The Morgan fingerprint density at radius 3 is 2.37 bits per heavy atom. The van der Waals surface area contributed by atoms with Crippen LogP contribution < -0.4 is 5.43 Å². The number of carbonyl (C=O) groups is 4. The van der Waals surface area contributed by atoms with E-state index in [0.29, 0.717) is 39.4 Å². The molecule has 1 saturated carbocycles. The zero-order valence-electron chi connectivity index (χ0n) is 26.6. The first-order valence-corrected chi connectivity index (χ1v) is 16.9. The monoisotopic (exact) mass is 734 g/mol. The third-order valence-electron chi connectivity index (χ3n) is 11.0. The number of pyridine rings is 1. The van der Waals surface area contributed by atoms with Crippen LogP contribution in [0.2, 0.25) is 10.0 Å². The number of hydrogen-bond donors (Lipinski definition) is 2. The zero-order chi connectivity index (χ0) is 36.1. The van der Waals surface area contributed by atoms with Crippen LogP contribution in [0.4, 0.5) is 19.0 Å². The number of anilines is 1.